The van der Waals surface area contributed by atoms with Crippen LogP contribution < -0.4 is 0 Å². The fraction of sp³-hybridized carbons (Fsp3) is 0.400. The molecule has 1 aliphatic rings. The molecule has 5 aromatic rings. The summed E-state index contributed by atoms with van der Waals surface area (Å²) >= 11 is 6.15. The van der Waals surface area contributed by atoms with Gasteiger partial charge in [0, 0.05) is 40.6 Å². The van der Waals surface area contributed by atoms with Gasteiger partial charge in [0.05, 0.1) is 11.4 Å². The number of hydrogen-bond donors (Lipinski definition) is 0. The van der Waals surface area contributed by atoms with E-state index >= 15 is 0 Å². The van der Waals surface area contributed by atoms with Gasteiger partial charge in [-0.05, 0) is 85.2 Å². The predicted octanol–water partition coefficient (Wildman–Crippen LogP) is 15.6. The smallest absolute Gasteiger partial charge is 0.390 e. The SMILES string of the molecule is C/C(=C1/N=C(c2ccc(C(C)(C)C)cc2)C=C1c1ccc(C(C)(C)C)cc1)c1c(-c2ccc(C(C)(C)C)cc2)cc(-c2ccc(C(C)(C)C)cc2)n1B(OCCCl)OCC(F)(F)C(F)(F)F. The first-order valence-electron chi connectivity index (χ1n) is 22.5. The van der Waals surface area contributed by atoms with Crippen LogP contribution in [0.25, 0.3) is 33.5 Å². The van der Waals surface area contributed by atoms with Gasteiger partial charge in [-0.1, -0.05) is 180 Å². The summed E-state index contributed by atoms with van der Waals surface area (Å²) in [4.78, 5) is 5.36. The quantitative estimate of drug-likeness (QED) is 0.0710. The fourth-order valence-corrected chi connectivity index (χ4v) is 8.02. The van der Waals surface area contributed by atoms with E-state index in [-0.39, 0.29) is 34.1 Å². The molecule has 0 N–H and O–H groups in total. The molecule has 0 unspecified atom stereocenters. The number of benzene rings is 4. The maximum Gasteiger partial charge on any atom is 0.598 e. The first kappa shape index (κ1) is 50.6. The Labute approximate surface area is 394 Å². The summed E-state index contributed by atoms with van der Waals surface area (Å²) in [6, 6.07) is 34.5. The average molecular weight is 925 g/mol. The maximum atomic E-state index is 14.9. The van der Waals surface area contributed by atoms with E-state index in [4.69, 9.17) is 25.9 Å². The van der Waals surface area contributed by atoms with E-state index in [0.29, 0.717) is 39.5 Å². The van der Waals surface area contributed by atoms with Crippen molar-refractivity contribution in [2.75, 3.05) is 19.1 Å². The predicted molar refractivity (Wildman–Crippen MR) is 265 cm³/mol. The topological polar surface area (TPSA) is 35.8 Å². The molecule has 0 aliphatic carbocycles. The van der Waals surface area contributed by atoms with Gasteiger partial charge in [0.1, 0.15) is 6.61 Å². The summed E-state index contributed by atoms with van der Waals surface area (Å²) in [6.45, 7) is 25.3. The summed E-state index contributed by atoms with van der Waals surface area (Å²) in [5.74, 6) is -5.26. The molecule has 1 aromatic heterocycles. The van der Waals surface area contributed by atoms with E-state index in [1.54, 1.807) is 4.48 Å². The highest BCUT2D eigenvalue weighted by molar-refractivity contribution is 6.44. The van der Waals surface area contributed by atoms with Crippen LogP contribution >= 0.6 is 11.6 Å². The Kier molecular flexibility index (Phi) is 14.4. The van der Waals surface area contributed by atoms with Gasteiger partial charge in [-0.15, -0.1) is 11.6 Å². The second kappa shape index (κ2) is 18.7. The molecule has 4 aromatic carbocycles. The van der Waals surface area contributed by atoms with E-state index in [0.717, 1.165) is 39.0 Å². The highest BCUT2D eigenvalue weighted by Gasteiger charge is 2.58. The highest BCUT2D eigenvalue weighted by atomic mass is 35.5. The Balaban J connectivity index is 1.72. The fourth-order valence-electron chi connectivity index (χ4n) is 7.93. The number of rotatable bonds is 12. The first-order valence-corrected chi connectivity index (χ1v) is 23.0. The lowest BCUT2D eigenvalue weighted by molar-refractivity contribution is -0.291. The number of halogens is 6. The number of aliphatic imine (C=N–C) groups is 1. The van der Waals surface area contributed by atoms with Crippen molar-refractivity contribution in [3.05, 3.63) is 154 Å². The van der Waals surface area contributed by atoms with Gasteiger partial charge in [0.2, 0.25) is 0 Å². The van der Waals surface area contributed by atoms with E-state index in [1.807, 2.05) is 61.5 Å². The molecule has 4 nitrogen and oxygen atoms in total. The molecule has 0 atom stereocenters. The molecule has 0 bridgehead atoms. The zero-order chi connectivity index (χ0) is 48.8. The standard InChI is InChI=1S/C55H63BClF5N2O2/c1-35(48-44(36-14-22-40(23-15-36)50(2,3)4)32-46(63-48)38-18-26-42(27-19-38)52(8,9)10)49-45(37-16-24-41(25-17-37)51(5,6)7)33-47(39-20-28-43(29-21-39)53(11,12)13)64(49)56(65-31-30-57)66-34-54(58,59)55(60,61)62/h14-29,32-33H,30-31,34H2,1-13H3/b48-35-. The molecule has 1 aliphatic heterocycles. The van der Waals surface area contributed by atoms with Crippen LogP contribution in [0.1, 0.15) is 129 Å². The Morgan fingerprint density at radius 2 is 0.985 bits per heavy atom. The molecule has 350 valence electrons. The van der Waals surface area contributed by atoms with Crippen LogP contribution in [0, 0.1) is 0 Å². The molecule has 0 saturated carbocycles. The van der Waals surface area contributed by atoms with Crippen molar-refractivity contribution in [1.82, 2.24) is 4.48 Å². The van der Waals surface area contributed by atoms with Gasteiger partial charge in [-0.3, -0.25) is 0 Å². The van der Waals surface area contributed by atoms with Crippen LogP contribution in [0.2, 0.25) is 0 Å². The molecule has 0 saturated heterocycles. The van der Waals surface area contributed by atoms with Crippen LogP contribution in [-0.4, -0.2) is 48.6 Å². The molecule has 66 heavy (non-hydrogen) atoms. The maximum absolute atomic E-state index is 14.9. The molecule has 2 heterocycles. The Bertz CT molecular complexity index is 2600. The third-order valence-electron chi connectivity index (χ3n) is 12.1. The number of alkyl halides is 6. The molecule has 6 rings (SSSR count). The second-order valence-electron chi connectivity index (χ2n) is 21.4. The van der Waals surface area contributed by atoms with Crippen molar-refractivity contribution in [3.8, 4) is 22.4 Å². The van der Waals surface area contributed by atoms with Gasteiger partial charge in [-0.2, -0.15) is 22.0 Å². The second-order valence-corrected chi connectivity index (χ2v) is 21.8. The molecule has 0 radical (unpaired) electrons. The average Bonchev–Trinajstić information content (AvgIpc) is 3.86. The molecule has 0 amide bonds. The van der Waals surface area contributed by atoms with Crippen LogP contribution in [0.3, 0.4) is 0 Å². The van der Waals surface area contributed by atoms with Gasteiger partial charge < -0.3 is 13.8 Å². The lowest BCUT2D eigenvalue weighted by Crippen LogP contribution is -2.45. The summed E-state index contributed by atoms with van der Waals surface area (Å²) in [7, 11) is -1.78. The normalized spacial score (nSPS) is 15.0. The summed E-state index contributed by atoms with van der Waals surface area (Å²) in [6.07, 6.45) is -3.81. The third kappa shape index (κ3) is 11.1. The molecular weight excluding hydrogens is 862 g/mol. The van der Waals surface area contributed by atoms with Crippen molar-refractivity contribution >= 4 is 35.7 Å². The van der Waals surface area contributed by atoms with Crippen molar-refractivity contribution < 1.29 is 31.3 Å². The van der Waals surface area contributed by atoms with Crippen LogP contribution in [0.4, 0.5) is 22.0 Å². The minimum absolute atomic E-state index is 0.0701. The van der Waals surface area contributed by atoms with Gasteiger partial charge in [0.25, 0.3) is 0 Å². The zero-order valence-electron chi connectivity index (χ0n) is 40.6. The first-order chi connectivity index (χ1) is 30.5. The Morgan fingerprint density at radius 1 is 0.576 bits per heavy atom. The van der Waals surface area contributed by atoms with Crippen molar-refractivity contribution in [2.45, 2.75) is 124 Å². The summed E-state index contributed by atoms with van der Waals surface area (Å²) < 4.78 is 84.5. The van der Waals surface area contributed by atoms with Crippen molar-refractivity contribution in [1.29, 1.82) is 0 Å². The lowest BCUT2D eigenvalue weighted by Gasteiger charge is -2.25. The minimum Gasteiger partial charge on any atom is -0.390 e. The number of aromatic nitrogens is 1. The van der Waals surface area contributed by atoms with Crippen LogP contribution in [0.15, 0.2) is 120 Å². The van der Waals surface area contributed by atoms with E-state index in [1.165, 1.54) is 5.56 Å². The van der Waals surface area contributed by atoms with E-state index < -0.39 is 26.0 Å². The minimum atomic E-state index is -5.87. The van der Waals surface area contributed by atoms with Gasteiger partial charge in [-0.25, -0.2) is 4.99 Å². The van der Waals surface area contributed by atoms with Gasteiger partial charge in [0.15, 0.2) is 0 Å². The summed E-state index contributed by atoms with van der Waals surface area (Å²) in [5, 5.41) is 0. The Morgan fingerprint density at radius 3 is 1.39 bits per heavy atom. The van der Waals surface area contributed by atoms with Crippen molar-refractivity contribution in [2.24, 2.45) is 4.99 Å². The lowest BCUT2D eigenvalue weighted by atomic mass is 9.85. The number of allylic oxidation sites excluding steroid dienone is 3. The third-order valence-corrected chi connectivity index (χ3v) is 12.3. The van der Waals surface area contributed by atoms with Crippen molar-refractivity contribution in [3.63, 3.8) is 0 Å². The monoisotopic (exact) mass is 924 g/mol. The van der Waals surface area contributed by atoms with E-state index in [2.05, 4.69) is 138 Å². The molecule has 11 heteroatoms. The molecular formula is C55H63BClF5N2O2. The largest absolute Gasteiger partial charge is 0.598 e. The zero-order valence-corrected chi connectivity index (χ0v) is 41.3. The van der Waals surface area contributed by atoms with Crippen LogP contribution in [0.5, 0.6) is 0 Å². The number of nitrogens with zero attached hydrogens (tertiary/aromatic N) is 2. The summed E-state index contributed by atoms with van der Waals surface area (Å²) in [5.41, 5.74) is 11.5. The van der Waals surface area contributed by atoms with Crippen LogP contribution in [-0.2, 0) is 31.0 Å². The Hall–Kier alpha value is -4.77. The molecule has 0 spiro atoms. The number of hydrogen-bond acceptors (Lipinski definition) is 3. The van der Waals surface area contributed by atoms with Gasteiger partial charge >= 0.3 is 19.4 Å². The highest BCUT2D eigenvalue weighted by Crippen LogP contribution is 2.44. The van der Waals surface area contributed by atoms with E-state index in [9.17, 15) is 22.0 Å². The molecule has 0 fully saturated rings.